The molecule has 0 spiro atoms. The van der Waals surface area contributed by atoms with Crippen LogP contribution in [-0.2, 0) is 24.1 Å². The number of aromatic nitrogens is 2. The molecule has 3 aromatic rings. The van der Waals surface area contributed by atoms with Gasteiger partial charge in [-0.3, -0.25) is 9.59 Å². The van der Waals surface area contributed by atoms with Crippen molar-refractivity contribution in [2.45, 2.75) is 45.4 Å². The third kappa shape index (κ3) is 3.64. The van der Waals surface area contributed by atoms with Gasteiger partial charge in [0.25, 0.3) is 5.56 Å². The molecule has 7 heteroatoms. The minimum absolute atomic E-state index is 0.115. The Balaban J connectivity index is 1.48. The fourth-order valence-electron chi connectivity index (χ4n) is 3.45. The molecule has 2 aromatic heterocycles. The molecule has 0 bridgehead atoms. The molecule has 0 atom stereocenters. The lowest BCUT2D eigenvalue weighted by molar-refractivity contribution is -0.116. The number of benzene rings is 1. The molecule has 2 N–H and O–H groups in total. The van der Waals surface area contributed by atoms with Crippen LogP contribution in [0.25, 0.3) is 10.2 Å². The zero-order valence-corrected chi connectivity index (χ0v) is 15.8. The molecular weight excluding hydrogens is 365 g/mol. The number of carbonyl (C=O) groups excluding carboxylic acids is 1. The third-order valence-electron chi connectivity index (χ3n) is 4.92. The van der Waals surface area contributed by atoms with Crippen LogP contribution < -0.4 is 10.9 Å². The highest BCUT2D eigenvalue weighted by atomic mass is 32.1. The average Bonchev–Trinajstić information content (AvgIpc) is 3.02. The SMILES string of the molecule is Cc1ccc(NC(=O)CCc2nc3sc4c(c3c(=O)[nH]2)CCCC4)cc1F. The standard InChI is InChI=1S/C20H20FN3O2S/c1-11-6-7-12(10-14(11)21)22-17(25)9-8-16-23-19(26)18-13-4-2-3-5-15(13)27-20(18)24-16/h6-7,10H,2-5,8-9H2,1H3,(H,22,25)(H,23,24,26). The summed E-state index contributed by atoms with van der Waals surface area (Å²) in [5.41, 5.74) is 1.99. The number of fused-ring (bicyclic) bond motifs is 3. The lowest BCUT2D eigenvalue weighted by atomic mass is 9.97. The first kappa shape index (κ1) is 17.9. The van der Waals surface area contributed by atoms with Gasteiger partial charge in [-0.1, -0.05) is 6.07 Å². The highest BCUT2D eigenvalue weighted by molar-refractivity contribution is 7.18. The molecule has 140 valence electrons. The molecule has 0 saturated heterocycles. The van der Waals surface area contributed by atoms with Crippen LogP contribution in [0, 0.1) is 12.7 Å². The van der Waals surface area contributed by atoms with Crippen molar-refractivity contribution in [1.82, 2.24) is 9.97 Å². The number of nitrogens with zero attached hydrogens (tertiary/aromatic N) is 1. The van der Waals surface area contributed by atoms with Gasteiger partial charge in [-0.25, -0.2) is 9.37 Å². The fraction of sp³-hybridized carbons (Fsp3) is 0.350. The number of aromatic amines is 1. The van der Waals surface area contributed by atoms with Crippen LogP contribution >= 0.6 is 11.3 Å². The molecule has 2 heterocycles. The van der Waals surface area contributed by atoms with Crippen molar-refractivity contribution in [1.29, 1.82) is 0 Å². The maximum Gasteiger partial charge on any atom is 0.259 e. The first-order chi connectivity index (χ1) is 13.0. The fourth-order valence-corrected chi connectivity index (χ4v) is 4.73. The Morgan fingerprint density at radius 2 is 2.15 bits per heavy atom. The monoisotopic (exact) mass is 385 g/mol. The number of anilines is 1. The van der Waals surface area contributed by atoms with Gasteiger partial charge in [0, 0.05) is 23.4 Å². The first-order valence-corrected chi connectivity index (χ1v) is 9.92. The van der Waals surface area contributed by atoms with Crippen molar-refractivity contribution in [2.75, 3.05) is 5.32 Å². The van der Waals surface area contributed by atoms with Gasteiger partial charge in [-0.2, -0.15) is 0 Å². The van der Waals surface area contributed by atoms with Crippen LogP contribution in [0.2, 0.25) is 0 Å². The summed E-state index contributed by atoms with van der Waals surface area (Å²) in [5.74, 6) is -0.0892. The van der Waals surface area contributed by atoms with Crippen molar-refractivity contribution < 1.29 is 9.18 Å². The summed E-state index contributed by atoms with van der Waals surface area (Å²) >= 11 is 1.59. The number of rotatable bonds is 4. The molecule has 5 nitrogen and oxygen atoms in total. The van der Waals surface area contributed by atoms with E-state index in [0.717, 1.165) is 41.5 Å². The molecule has 0 radical (unpaired) electrons. The Hall–Kier alpha value is -2.54. The lowest BCUT2D eigenvalue weighted by Crippen LogP contribution is -2.16. The van der Waals surface area contributed by atoms with Crippen molar-refractivity contribution in [3.8, 4) is 0 Å². The van der Waals surface area contributed by atoms with E-state index in [4.69, 9.17) is 0 Å². The largest absolute Gasteiger partial charge is 0.326 e. The van der Waals surface area contributed by atoms with Gasteiger partial charge in [-0.05, 0) is 55.9 Å². The van der Waals surface area contributed by atoms with Gasteiger partial charge in [0.05, 0.1) is 5.39 Å². The predicted molar refractivity (Wildman–Crippen MR) is 105 cm³/mol. The van der Waals surface area contributed by atoms with E-state index in [-0.39, 0.29) is 23.7 Å². The molecule has 0 aliphatic heterocycles. The number of aryl methyl sites for hydroxylation is 4. The zero-order valence-electron chi connectivity index (χ0n) is 15.0. The van der Waals surface area contributed by atoms with Gasteiger partial charge >= 0.3 is 0 Å². The number of amides is 1. The summed E-state index contributed by atoms with van der Waals surface area (Å²) in [6, 6.07) is 4.59. The molecule has 27 heavy (non-hydrogen) atoms. The van der Waals surface area contributed by atoms with Gasteiger partial charge in [-0.15, -0.1) is 11.3 Å². The normalized spacial score (nSPS) is 13.6. The summed E-state index contributed by atoms with van der Waals surface area (Å²) in [5, 5.41) is 3.40. The van der Waals surface area contributed by atoms with Crippen LogP contribution in [0.1, 0.15) is 41.1 Å². The quantitative estimate of drug-likeness (QED) is 0.716. The average molecular weight is 385 g/mol. The van der Waals surface area contributed by atoms with Crippen molar-refractivity contribution >= 4 is 33.1 Å². The Morgan fingerprint density at radius 3 is 2.96 bits per heavy atom. The Kier molecular flexibility index (Phi) is 4.78. The highest BCUT2D eigenvalue weighted by Crippen LogP contribution is 2.33. The maximum atomic E-state index is 13.6. The molecule has 0 fully saturated rings. The second-order valence-corrected chi connectivity index (χ2v) is 8.00. The maximum absolute atomic E-state index is 13.6. The van der Waals surface area contributed by atoms with Crippen LogP contribution in [-0.4, -0.2) is 15.9 Å². The number of halogens is 1. The Labute approximate surface area is 159 Å². The van der Waals surface area contributed by atoms with Crippen LogP contribution in [0.3, 0.4) is 0 Å². The second kappa shape index (κ2) is 7.23. The molecule has 4 rings (SSSR count). The van der Waals surface area contributed by atoms with E-state index in [9.17, 15) is 14.0 Å². The summed E-state index contributed by atoms with van der Waals surface area (Å²) in [4.78, 5) is 34.1. The van der Waals surface area contributed by atoms with Gasteiger partial charge < -0.3 is 10.3 Å². The van der Waals surface area contributed by atoms with Gasteiger partial charge in [0.15, 0.2) is 0 Å². The van der Waals surface area contributed by atoms with E-state index < -0.39 is 0 Å². The summed E-state index contributed by atoms with van der Waals surface area (Å²) < 4.78 is 13.6. The Morgan fingerprint density at radius 1 is 1.33 bits per heavy atom. The molecular formula is C20H20FN3O2S. The summed E-state index contributed by atoms with van der Waals surface area (Å²) in [7, 11) is 0. The third-order valence-corrected chi connectivity index (χ3v) is 6.10. The van der Waals surface area contributed by atoms with E-state index in [1.54, 1.807) is 30.4 Å². The number of nitrogens with one attached hydrogen (secondary N) is 2. The van der Waals surface area contributed by atoms with Gasteiger partial charge in [0.2, 0.25) is 5.91 Å². The number of hydrogen-bond acceptors (Lipinski definition) is 4. The predicted octanol–water partition coefficient (Wildman–Crippen LogP) is 3.88. The second-order valence-electron chi connectivity index (χ2n) is 6.92. The van der Waals surface area contributed by atoms with Crippen molar-refractivity contribution in [2.24, 2.45) is 0 Å². The summed E-state index contributed by atoms with van der Waals surface area (Å²) in [6.45, 7) is 1.67. The molecule has 1 aliphatic carbocycles. The van der Waals surface area contributed by atoms with Gasteiger partial charge in [0.1, 0.15) is 16.5 Å². The lowest BCUT2D eigenvalue weighted by Gasteiger charge is -2.09. The Bertz CT molecular complexity index is 1090. The smallest absolute Gasteiger partial charge is 0.259 e. The minimum atomic E-state index is -0.356. The number of thiophene rings is 1. The van der Waals surface area contributed by atoms with E-state index in [1.165, 1.54) is 10.9 Å². The number of carbonyl (C=O) groups is 1. The van der Waals surface area contributed by atoms with Crippen molar-refractivity contribution in [3.05, 3.63) is 56.2 Å². The van der Waals surface area contributed by atoms with Crippen LogP contribution in [0.5, 0.6) is 0 Å². The zero-order chi connectivity index (χ0) is 19.0. The van der Waals surface area contributed by atoms with E-state index >= 15 is 0 Å². The molecule has 1 aliphatic rings. The number of H-pyrrole nitrogens is 1. The van der Waals surface area contributed by atoms with E-state index in [0.29, 0.717) is 23.5 Å². The minimum Gasteiger partial charge on any atom is -0.326 e. The molecule has 0 unspecified atom stereocenters. The van der Waals surface area contributed by atoms with E-state index in [2.05, 4.69) is 15.3 Å². The number of hydrogen-bond donors (Lipinski definition) is 2. The van der Waals surface area contributed by atoms with Crippen LogP contribution in [0.4, 0.5) is 10.1 Å². The topological polar surface area (TPSA) is 74.8 Å². The highest BCUT2D eigenvalue weighted by Gasteiger charge is 2.19. The summed E-state index contributed by atoms with van der Waals surface area (Å²) in [6.07, 6.45) is 4.71. The molecule has 1 amide bonds. The van der Waals surface area contributed by atoms with E-state index in [1.807, 2.05) is 0 Å². The first-order valence-electron chi connectivity index (χ1n) is 9.10. The molecule has 0 saturated carbocycles. The molecule has 1 aromatic carbocycles. The van der Waals surface area contributed by atoms with Crippen molar-refractivity contribution in [3.63, 3.8) is 0 Å². The van der Waals surface area contributed by atoms with Crippen LogP contribution in [0.15, 0.2) is 23.0 Å².